The molecule has 1 rings (SSSR count). The molecule has 19 heavy (non-hydrogen) atoms. The Morgan fingerprint density at radius 2 is 1.95 bits per heavy atom. The van der Waals surface area contributed by atoms with E-state index >= 15 is 0 Å². The number of benzene rings is 1. The summed E-state index contributed by atoms with van der Waals surface area (Å²) in [6.07, 6.45) is 2.10. The number of methoxy groups -OCH3 is 1. The van der Waals surface area contributed by atoms with Crippen LogP contribution in [0.25, 0.3) is 0 Å². The van der Waals surface area contributed by atoms with Crippen LogP contribution in [0.5, 0.6) is 0 Å². The second kappa shape index (κ2) is 7.06. The SMILES string of the molecule is CNC(CC(C)(C)OC)c1cccc(CC(C)C)c1. The zero-order chi connectivity index (χ0) is 14.5. The Balaban J connectivity index is 2.86. The van der Waals surface area contributed by atoms with E-state index in [1.54, 1.807) is 7.11 Å². The summed E-state index contributed by atoms with van der Waals surface area (Å²) in [5.74, 6) is 0.693. The third-order valence-electron chi connectivity index (χ3n) is 3.59. The van der Waals surface area contributed by atoms with Crippen molar-refractivity contribution >= 4 is 0 Å². The zero-order valence-corrected chi connectivity index (χ0v) is 13.3. The van der Waals surface area contributed by atoms with Crippen molar-refractivity contribution < 1.29 is 4.74 Å². The second-order valence-corrected chi connectivity index (χ2v) is 6.35. The van der Waals surface area contributed by atoms with Crippen molar-refractivity contribution in [2.45, 2.75) is 52.2 Å². The third-order valence-corrected chi connectivity index (χ3v) is 3.59. The lowest BCUT2D eigenvalue weighted by Gasteiger charge is -2.29. The minimum atomic E-state index is -0.109. The van der Waals surface area contributed by atoms with Gasteiger partial charge in [0.1, 0.15) is 0 Å². The second-order valence-electron chi connectivity index (χ2n) is 6.35. The van der Waals surface area contributed by atoms with Crippen LogP contribution >= 0.6 is 0 Å². The fraction of sp³-hybridized carbons (Fsp3) is 0.647. The van der Waals surface area contributed by atoms with Crippen molar-refractivity contribution in [2.75, 3.05) is 14.2 Å². The summed E-state index contributed by atoms with van der Waals surface area (Å²) in [6.45, 7) is 8.79. The van der Waals surface area contributed by atoms with E-state index in [0.29, 0.717) is 12.0 Å². The molecule has 2 heteroatoms. The maximum absolute atomic E-state index is 5.55. The quantitative estimate of drug-likeness (QED) is 0.804. The number of rotatable bonds is 7. The Bertz CT molecular complexity index is 385. The Hall–Kier alpha value is -0.860. The van der Waals surface area contributed by atoms with Gasteiger partial charge in [-0.05, 0) is 50.8 Å². The molecule has 1 aromatic rings. The molecule has 2 nitrogen and oxygen atoms in total. The summed E-state index contributed by atoms with van der Waals surface area (Å²) in [6, 6.07) is 9.25. The lowest BCUT2D eigenvalue weighted by molar-refractivity contribution is 0.00744. The minimum absolute atomic E-state index is 0.109. The largest absolute Gasteiger partial charge is 0.379 e. The molecule has 0 amide bonds. The standard InChI is InChI=1S/C17H29NO/c1-13(2)10-14-8-7-9-15(11-14)16(18-5)12-17(3,4)19-6/h7-9,11,13,16,18H,10,12H2,1-6H3. The van der Waals surface area contributed by atoms with Crippen LogP contribution in [-0.2, 0) is 11.2 Å². The smallest absolute Gasteiger partial charge is 0.0640 e. The summed E-state index contributed by atoms with van der Waals surface area (Å²) >= 11 is 0. The van der Waals surface area contributed by atoms with Gasteiger partial charge in [-0.2, -0.15) is 0 Å². The van der Waals surface area contributed by atoms with E-state index in [9.17, 15) is 0 Å². The minimum Gasteiger partial charge on any atom is -0.379 e. The van der Waals surface area contributed by atoms with Gasteiger partial charge in [0.15, 0.2) is 0 Å². The molecule has 0 aliphatic rings. The monoisotopic (exact) mass is 263 g/mol. The van der Waals surface area contributed by atoms with Gasteiger partial charge in [0, 0.05) is 13.2 Å². The first-order valence-corrected chi connectivity index (χ1v) is 7.19. The van der Waals surface area contributed by atoms with Crippen LogP contribution < -0.4 is 5.32 Å². The van der Waals surface area contributed by atoms with Crippen LogP contribution in [0.2, 0.25) is 0 Å². The predicted molar refractivity (Wildman–Crippen MR) is 82.5 cm³/mol. The first-order chi connectivity index (χ1) is 8.88. The molecule has 0 fully saturated rings. The highest BCUT2D eigenvalue weighted by atomic mass is 16.5. The highest BCUT2D eigenvalue weighted by Crippen LogP contribution is 2.26. The number of hydrogen-bond donors (Lipinski definition) is 1. The molecule has 1 aromatic carbocycles. The molecule has 108 valence electrons. The van der Waals surface area contributed by atoms with E-state index in [1.165, 1.54) is 11.1 Å². The highest BCUT2D eigenvalue weighted by Gasteiger charge is 2.23. The van der Waals surface area contributed by atoms with E-state index < -0.39 is 0 Å². The Kier molecular flexibility index (Phi) is 6.02. The molecule has 0 aromatic heterocycles. The van der Waals surface area contributed by atoms with Gasteiger partial charge < -0.3 is 10.1 Å². The predicted octanol–water partition coefficient (Wildman–Crippen LogP) is 3.96. The fourth-order valence-electron chi connectivity index (χ4n) is 2.37. The third kappa shape index (κ3) is 5.33. The molecule has 0 spiro atoms. The first kappa shape index (κ1) is 16.2. The first-order valence-electron chi connectivity index (χ1n) is 7.19. The summed E-state index contributed by atoms with van der Waals surface area (Å²) in [5.41, 5.74) is 2.66. The lowest BCUT2D eigenvalue weighted by atomic mass is 9.91. The van der Waals surface area contributed by atoms with Crippen LogP contribution in [0.4, 0.5) is 0 Å². The maximum Gasteiger partial charge on any atom is 0.0640 e. The van der Waals surface area contributed by atoms with Crippen molar-refractivity contribution in [3.8, 4) is 0 Å². The van der Waals surface area contributed by atoms with Crippen molar-refractivity contribution in [1.29, 1.82) is 0 Å². The van der Waals surface area contributed by atoms with Crippen LogP contribution in [0.3, 0.4) is 0 Å². The van der Waals surface area contributed by atoms with E-state index in [1.807, 2.05) is 7.05 Å². The van der Waals surface area contributed by atoms with Crippen LogP contribution in [0.15, 0.2) is 24.3 Å². The molecule has 1 unspecified atom stereocenters. The molecule has 0 saturated heterocycles. The molecule has 0 aliphatic carbocycles. The van der Waals surface area contributed by atoms with Crippen molar-refractivity contribution in [3.63, 3.8) is 0 Å². The van der Waals surface area contributed by atoms with Gasteiger partial charge in [-0.25, -0.2) is 0 Å². The summed E-state index contributed by atoms with van der Waals surface area (Å²) in [4.78, 5) is 0. The van der Waals surface area contributed by atoms with Gasteiger partial charge in [-0.15, -0.1) is 0 Å². The zero-order valence-electron chi connectivity index (χ0n) is 13.3. The number of hydrogen-bond acceptors (Lipinski definition) is 2. The number of nitrogens with one attached hydrogen (secondary N) is 1. The van der Waals surface area contributed by atoms with E-state index in [2.05, 4.69) is 57.3 Å². The van der Waals surface area contributed by atoms with Crippen LogP contribution in [0, 0.1) is 5.92 Å². The molecule has 1 N–H and O–H groups in total. The fourth-order valence-corrected chi connectivity index (χ4v) is 2.37. The molecule has 0 bridgehead atoms. The van der Waals surface area contributed by atoms with Crippen LogP contribution in [0.1, 0.15) is 51.3 Å². The van der Waals surface area contributed by atoms with E-state index in [4.69, 9.17) is 4.74 Å². The van der Waals surface area contributed by atoms with Gasteiger partial charge in [0.2, 0.25) is 0 Å². The molecule has 0 radical (unpaired) electrons. The average Bonchev–Trinajstić information content (AvgIpc) is 2.35. The molecule has 0 heterocycles. The average molecular weight is 263 g/mol. The van der Waals surface area contributed by atoms with Gasteiger partial charge in [-0.1, -0.05) is 38.1 Å². The lowest BCUT2D eigenvalue weighted by Crippen LogP contribution is -2.30. The Morgan fingerprint density at radius 1 is 1.26 bits per heavy atom. The van der Waals surface area contributed by atoms with E-state index in [0.717, 1.165) is 12.8 Å². The molecular formula is C17H29NO. The number of ether oxygens (including phenoxy) is 1. The van der Waals surface area contributed by atoms with E-state index in [-0.39, 0.29) is 5.60 Å². The molecular weight excluding hydrogens is 234 g/mol. The Morgan fingerprint density at radius 3 is 2.47 bits per heavy atom. The van der Waals surface area contributed by atoms with Crippen molar-refractivity contribution in [1.82, 2.24) is 5.32 Å². The topological polar surface area (TPSA) is 21.3 Å². The van der Waals surface area contributed by atoms with Crippen molar-refractivity contribution in [2.24, 2.45) is 5.92 Å². The summed E-state index contributed by atoms with van der Waals surface area (Å²) in [5, 5.41) is 3.41. The normalized spacial score (nSPS) is 13.8. The summed E-state index contributed by atoms with van der Waals surface area (Å²) < 4.78 is 5.55. The summed E-state index contributed by atoms with van der Waals surface area (Å²) in [7, 11) is 3.80. The molecule has 1 atom stereocenters. The maximum atomic E-state index is 5.55. The van der Waals surface area contributed by atoms with Crippen molar-refractivity contribution in [3.05, 3.63) is 35.4 Å². The highest BCUT2D eigenvalue weighted by molar-refractivity contribution is 5.26. The van der Waals surface area contributed by atoms with Gasteiger partial charge in [0.05, 0.1) is 5.60 Å². The Labute approximate surface area is 118 Å². The molecule has 0 saturated carbocycles. The van der Waals surface area contributed by atoms with Crippen LogP contribution in [-0.4, -0.2) is 19.8 Å². The van der Waals surface area contributed by atoms with Gasteiger partial charge in [-0.3, -0.25) is 0 Å². The van der Waals surface area contributed by atoms with Gasteiger partial charge >= 0.3 is 0 Å². The molecule has 0 aliphatic heterocycles. The van der Waals surface area contributed by atoms with Gasteiger partial charge in [0.25, 0.3) is 0 Å².